The maximum atomic E-state index is 12.6. The second-order valence-electron chi connectivity index (χ2n) is 3.70. The van der Waals surface area contributed by atoms with Gasteiger partial charge in [-0.05, 0) is 18.2 Å². The molecule has 4 nitrogen and oxygen atoms in total. The third-order valence-corrected chi connectivity index (χ3v) is 2.39. The Morgan fingerprint density at radius 1 is 1.33 bits per heavy atom. The molecule has 0 radical (unpaired) electrons. The number of halogens is 3. The molecule has 0 aliphatic heterocycles. The first kappa shape index (κ1) is 12.3. The zero-order chi connectivity index (χ0) is 13.5. The highest BCUT2D eigenvalue weighted by molar-refractivity contribution is 6.04. The number of aromatic nitrogens is 2. The fraction of sp³-hybridized carbons (Fsp3) is 0.182. The number of aromatic amines is 1. The van der Waals surface area contributed by atoms with Gasteiger partial charge in [0.15, 0.2) is 5.78 Å². The zero-order valence-electron chi connectivity index (χ0n) is 9.13. The summed E-state index contributed by atoms with van der Waals surface area (Å²) >= 11 is 0. The van der Waals surface area contributed by atoms with E-state index in [0.717, 1.165) is 25.1 Å². The summed E-state index contributed by atoms with van der Waals surface area (Å²) in [7, 11) is 0. The van der Waals surface area contributed by atoms with Gasteiger partial charge in [0.1, 0.15) is 5.69 Å². The van der Waals surface area contributed by atoms with Crippen LogP contribution < -0.4 is 5.69 Å². The molecule has 0 aliphatic rings. The van der Waals surface area contributed by atoms with Gasteiger partial charge in [0, 0.05) is 12.3 Å². The van der Waals surface area contributed by atoms with Crippen molar-refractivity contribution in [2.24, 2.45) is 0 Å². The summed E-state index contributed by atoms with van der Waals surface area (Å²) in [5.41, 5.74) is -1.79. The standard InChI is InChI=1S/C11H7F3N2O2/c1-5(17)9-7-4-6(11(12,13)14)2-3-8(7)15-10(18)16-9/h2-4H,1H3,(H,15,16,18). The first-order valence-electron chi connectivity index (χ1n) is 4.91. The maximum Gasteiger partial charge on any atom is 0.416 e. The second-order valence-corrected chi connectivity index (χ2v) is 3.70. The molecule has 0 bridgehead atoms. The highest BCUT2D eigenvalue weighted by atomic mass is 19.4. The molecule has 1 aromatic carbocycles. The van der Waals surface area contributed by atoms with Crippen LogP contribution in [0.25, 0.3) is 10.9 Å². The lowest BCUT2D eigenvalue weighted by molar-refractivity contribution is -0.137. The minimum Gasteiger partial charge on any atom is -0.305 e. The summed E-state index contributed by atoms with van der Waals surface area (Å²) in [4.78, 5) is 28.1. The van der Waals surface area contributed by atoms with Crippen LogP contribution in [0, 0.1) is 0 Å². The fourth-order valence-corrected chi connectivity index (χ4v) is 1.60. The molecule has 7 heteroatoms. The monoisotopic (exact) mass is 256 g/mol. The molecule has 1 N–H and O–H groups in total. The van der Waals surface area contributed by atoms with Crippen LogP contribution in [0.15, 0.2) is 23.0 Å². The van der Waals surface area contributed by atoms with Crippen molar-refractivity contribution in [3.05, 3.63) is 39.9 Å². The van der Waals surface area contributed by atoms with Crippen molar-refractivity contribution in [2.75, 3.05) is 0 Å². The number of alkyl halides is 3. The number of nitrogens with one attached hydrogen (secondary N) is 1. The van der Waals surface area contributed by atoms with Crippen molar-refractivity contribution in [1.82, 2.24) is 9.97 Å². The van der Waals surface area contributed by atoms with Crippen LogP contribution in [-0.4, -0.2) is 15.8 Å². The van der Waals surface area contributed by atoms with Crippen molar-refractivity contribution in [2.45, 2.75) is 13.1 Å². The number of ketones is 1. The number of carbonyl (C=O) groups is 1. The second kappa shape index (κ2) is 3.94. The van der Waals surface area contributed by atoms with E-state index in [-0.39, 0.29) is 16.6 Å². The van der Waals surface area contributed by atoms with Gasteiger partial charge in [-0.1, -0.05) is 0 Å². The molecule has 0 aliphatic carbocycles. The van der Waals surface area contributed by atoms with Crippen LogP contribution in [0.5, 0.6) is 0 Å². The Hall–Kier alpha value is -2.18. The average molecular weight is 256 g/mol. The molecule has 94 valence electrons. The largest absolute Gasteiger partial charge is 0.416 e. The smallest absolute Gasteiger partial charge is 0.305 e. The first-order valence-corrected chi connectivity index (χ1v) is 4.91. The molecule has 18 heavy (non-hydrogen) atoms. The molecule has 2 rings (SSSR count). The fourth-order valence-electron chi connectivity index (χ4n) is 1.60. The predicted octanol–water partition coefficient (Wildman–Crippen LogP) is 2.14. The SMILES string of the molecule is CC(=O)c1nc(=O)[nH]c2ccc(C(F)(F)F)cc12. The number of hydrogen-bond acceptors (Lipinski definition) is 3. The predicted molar refractivity (Wildman–Crippen MR) is 57.4 cm³/mol. The summed E-state index contributed by atoms with van der Waals surface area (Å²) in [6, 6.07) is 2.74. The molecule has 0 spiro atoms. The van der Waals surface area contributed by atoms with Crippen LogP contribution in [-0.2, 0) is 6.18 Å². The van der Waals surface area contributed by atoms with E-state index < -0.39 is 23.2 Å². The van der Waals surface area contributed by atoms with Gasteiger partial charge in [0.2, 0.25) is 0 Å². The molecule has 2 aromatic rings. The minimum absolute atomic E-state index is 0.0167. The number of nitrogens with zero attached hydrogens (tertiary/aromatic N) is 1. The minimum atomic E-state index is -4.52. The van der Waals surface area contributed by atoms with Crippen molar-refractivity contribution in [3.8, 4) is 0 Å². The van der Waals surface area contributed by atoms with E-state index in [0.29, 0.717) is 0 Å². The topological polar surface area (TPSA) is 62.8 Å². The zero-order valence-corrected chi connectivity index (χ0v) is 9.13. The number of carbonyl (C=O) groups excluding carboxylic acids is 1. The van der Waals surface area contributed by atoms with E-state index >= 15 is 0 Å². The van der Waals surface area contributed by atoms with E-state index in [4.69, 9.17) is 0 Å². The van der Waals surface area contributed by atoms with Gasteiger partial charge in [0.25, 0.3) is 0 Å². The van der Waals surface area contributed by atoms with Crippen LogP contribution in [0.2, 0.25) is 0 Å². The third-order valence-electron chi connectivity index (χ3n) is 2.39. The van der Waals surface area contributed by atoms with Gasteiger partial charge in [-0.3, -0.25) is 4.79 Å². The van der Waals surface area contributed by atoms with E-state index in [9.17, 15) is 22.8 Å². The molecular formula is C11H7F3N2O2. The first-order chi connectivity index (χ1) is 8.29. The number of Topliss-reactive ketones (excluding diaryl/α,β-unsaturated/α-hetero) is 1. The van der Waals surface area contributed by atoms with Crippen molar-refractivity contribution in [3.63, 3.8) is 0 Å². The average Bonchev–Trinajstić information content (AvgIpc) is 2.25. The molecule has 0 amide bonds. The summed E-state index contributed by atoms with van der Waals surface area (Å²) in [5.74, 6) is -0.564. The molecule has 0 unspecified atom stereocenters. The van der Waals surface area contributed by atoms with Gasteiger partial charge in [-0.25, -0.2) is 4.79 Å². The van der Waals surface area contributed by atoms with Crippen LogP contribution >= 0.6 is 0 Å². The highest BCUT2D eigenvalue weighted by Crippen LogP contribution is 2.31. The Morgan fingerprint density at radius 3 is 2.56 bits per heavy atom. The van der Waals surface area contributed by atoms with E-state index in [1.807, 2.05) is 0 Å². The normalized spacial score (nSPS) is 11.8. The maximum absolute atomic E-state index is 12.6. The van der Waals surface area contributed by atoms with E-state index in [1.165, 1.54) is 0 Å². The molecule has 0 saturated heterocycles. The van der Waals surface area contributed by atoms with Gasteiger partial charge in [0.05, 0.1) is 11.1 Å². The lowest BCUT2D eigenvalue weighted by atomic mass is 10.1. The highest BCUT2D eigenvalue weighted by Gasteiger charge is 2.31. The number of fused-ring (bicyclic) bond motifs is 1. The van der Waals surface area contributed by atoms with Crippen LogP contribution in [0.1, 0.15) is 23.0 Å². The molecule has 1 aromatic heterocycles. The number of hydrogen-bond donors (Lipinski definition) is 1. The third kappa shape index (κ3) is 2.11. The van der Waals surface area contributed by atoms with E-state index in [1.54, 1.807) is 0 Å². The molecular weight excluding hydrogens is 249 g/mol. The van der Waals surface area contributed by atoms with Crippen molar-refractivity contribution < 1.29 is 18.0 Å². The quantitative estimate of drug-likeness (QED) is 0.795. The van der Waals surface area contributed by atoms with Crippen LogP contribution in [0.4, 0.5) is 13.2 Å². The van der Waals surface area contributed by atoms with Crippen LogP contribution in [0.3, 0.4) is 0 Å². The lowest BCUT2D eigenvalue weighted by Gasteiger charge is -2.08. The number of H-pyrrole nitrogens is 1. The lowest BCUT2D eigenvalue weighted by Crippen LogP contribution is -2.16. The number of rotatable bonds is 1. The van der Waals surface area contributed by atoms with Crippen molar-refractivity contribution in [1.29, 1.82) is 0 Å². The Bertz CT molecular complexity index is 689. The Balaban J connectivity index is 2.83. The van der Waals surface area contributed by atoms with Gasteiger partial charge in [-0.15, -0.1) is 0 Å². The van der Waals surface area contributed by atoms with Crippen molar-refractivity contribution >= 4 is 16.7 Å². The number of benzene rings is 1. The summed E-state index contributed by atoms with van der Waals surface area (Å²) in [6.45, 7) is 1.14. The van der Waals surface area contributed by atoms with E-state index in [2.05, 4.69) is 9.97 Å². The summed E-state index contributed by atoms with van der Waals surface area (Å²) in [6.07, 6.45) is -4.52. The molecule has 0 atom stereocenters. The summed E-state index contributed by atoms with van der Waals surface area (Å²) < 4.78 is 37.7. The molecule has 0 saturated carbocycles. The Labute approximate surface area is 98.5 Å². The Morgan fingerprint density at radius 2 is 2.00 bits per heavy atom. The molecule has 0 fully saturated rings. The van der Waals surface area contributed by atoms with Gasteiger partial charge in [-0.2, -0.15) is 18.2 Å². The Kier molecular flexibility index (Phi) is 2.68. The molecule has 1 heterocycles. The van der Waals surface area contributed by atoms with Gasteiger partial charge >= 0.3 is 11.9 Å². The van der Waals surface area contributed by atoms with Gasteiger partial charge < -0.3 is 4.98 Å². The summed E-state index contributed by atoms with van der Waals surface area (Å²) in [5, 5.41) is -0.0167.